The van der Waals surface area contributed by atoms with Gasteiger partial charge in [0.05, 0.1) is 0 Å². The average molecular weight is 343 g/mol. The van der Waals surface area contributed by atoms with Gasteiger partial charge in [-0.15, -0.1) is 0 Å². The first-order valence-electron chi connectivity index (χ1n) is 8.31. The Hall–Kier alpha value is -1.93. The fourth-order valence-corrected chi connectivity index (χ4v) is 3.13. The number of halogens is 1. The Kier molecular flexibility index (Phi) is 5.95. The minimum atomic E-state index is -0.668. The summed E-state index contributed by atoms with van der Waals surface area (Å²) in [6.07, 6.45) is 1.15. The van der Waals surface area contributed by atoms with E-state index in [-0.39, 0.29) is 11.6 Å². The standard InChI is InChI=1S/C21H23ClO2/c1-5-15-7-8-17(16-9-10-19(22)13(3)11-16)12-18(15)21(14(4)23)20(24)6-2/h7-12,21H,5-6H2,1-4H3. The summed E-state index contributed by atoms with van der Waals surface area (Å²) in [7, 11) is 0. The molecule has 0 fully saturated rings. The van der Waals surface area contributed by atoms with Crippen LogP contribution in [0.1, 0.15) is 49.8 Å². The maximum absolute atomic E-state index is 12.3. The normalized spacial score (nSPS) is 12.0. The summed E-state index contributed by atoms with van der Waals surface area (Å²) in [6.45, 7) is 7.30. The molecular formula is C21H23ClO2. The summed E-state index contributed by atoms with van der Waals surface area (Å²) < 4.78 is 0. The lowest BCUT2D eigenvalue weighted by Crippen LogP contribution is -2.20. The second-order valence-electron chi connectivity index (χ2n) is 6.09. The molecule has 0 aliphatic heterocycles. The summed E-state index contributed by atoms with van der Waals surface area (Å²) in [5.41, 5.74) is 4.92. The van der Waals surface area contributed by atoms with E-state index in [4.69, 9.17) is 11.6 Å². The van der Waals surface area contributed by atoms with E-state index in [1.165, 1.54) is 6.92 Å². The number of rotatable bonds is 6. The molecule has 0 aliphatic rings. The molecule has 2 nitrogen and oxygen atoms in total. The van der Waals surface area contributed by atoms with Gasteiger partial charge in [0.1, 0.15) is 17.5 Å². The van der Waals surface area contributed by atoms with E-state index in [0.29, 0.717) is 6.42 Å². The van der Waals surface area contributed by atoms with Crippen molar-refractivity contribution in [1.82, 2.24) is 0 Å². The molecule has 0 aromatic heterocycles. The van der Waals surface area contributed by atoms with Gasteiger partial charge in [0.25, 0.3) is 0 Å². The third-order valence-electron chi connectivity index (χ3n) is 4.41. The van der Waals surface area contributed by atoms with Crippen LogP contribution in [0.2, 0.25) is 5.02 Å². The largest absolute Gasteiger partial charge is 0.299 e. The van der Waals surface area contributed by atoms with E-state index in [2.05, 4.69) is 0 Å². The zero-order chi connectivity index (χ0) is 17.9. The van der Waals surface area contributed by atoms with Gasteiger partial charge in [-0.25, -0.2) is 0 Å². The molecule has 0 heterocycles. The molecule has 1 atom stereocenters. The average Bonchev–Trinajstić information content (AvgIpc) is 2.57. The van der Waals surface area contributed by atoms with Crippen LogP contribution in [0, 0.1) is 6.92 Å². The van der Waals surface area contributed by atoms with Crippen LogP contribution >= 0.6 is 11.6 Å². The number of Topliss-reactive ketones (excluding diaryl/α,β-unsaturated/α-hetero) is 2. The highest BCUT2D eigenvalue weighted by molar-refractivity contribution is 6.31. The second kappa shape index (κ2) is 7.76. The Morgan fingerprint density at radius 3 is 2.21 bits per heavy atom. The minimum Gasteiger partial charge on any atom is -0.299 e. The van der Waals surface area contributed by atoms with Gasteiger partial charge in [-0.1, -0.05) is 43.6 Å². The zero-order valence-corrected chi connectivity index (χ0v) is 15.4. The molecule has 0 aliphatic carbocycles. The Morgan fingerprint density at radius 2 is 1.67 bits per heavy atom. The van der Waals surface area contributed by atoms with Crippen molar-refractivity contribution in [2.45, 2.75) is 46.5 Å². The van der Waals surface area contributed by atoms with Gasteiger partial charge in [-0.05, 0) is 66.3 Å². The monoisotopic (exact) mass is 342 g/mol. The van der Waals surface area contributed by atoms with Crippen molar-refractivity contribution in [3.8, 4) is 11.1 Å². The summed E-state index contributed by atoms with van der Waals surface area (Å²) in [6, 6.07) is 11.9. The lowest BCUT2D eigenvalue weighted by Gasteiger charge is -2.18. The van der Waals surface area contributed by atoms with Crippen molar-refractivity contribution < 1.29 is 9.59 Å². The molecule has 0 saturated heterocycles. The third-order valence-corrected chi connectivity index (χ3v) is 4.83. The van der Waals surface area contributed by atoms with Gasteiger partial charge >= 0.3 is 0 Å². The maximum Gasteiger partial charge on any atom is 0.147 e. The molecule has 2 aromatic rings. The third kappa shape index (κ3) is 3.76. The SMILES string of the molecule is CCC(=O)C(C(C)=O)c1cc(-c2ccc(Cl)c(C)c2)ccc1CC. The van der Waals surface area contributed by atoms with Crippen LogP contribution in [-0.4, -0.2) is 11.6 Å². The van der Waals surface area contributed by atoms with Gasteiger partial charge in [0.15, 0.2) is 0 Å². The molecule has 126 valence electrons. The Balaban J connectivity index is 2.60. The molecule has 24 heavy (non-hydrogen) atoms. The predicted molar refractivity (Wildman–Crippen MR) is 99.7 cm³/mol. The van der Waals surface area contributed by atoms with Crippen molar-refractivity contribution >= 4 is 23.2 Å². The summed E-state index contributed by atoms with van der Waals surface area (Å²) in [4.78, 5) is 24.5. The van der Waals surface area contributed by atoms with Crippen LogP contribution in [-0.2, 0) is 16.0 Å². The Morgan fingerprint density at radius 1 is 1.04 bits per heavy atom. The zero-order valence-electron chi connectivity index (χ0n) is 14.7. The predicted octanol–water partition coefficient (Wildman–Crippen LogP) is 5.53. The number of hydrogen-bond acceptors (Lipinski definition) is 2. The fourth-order valence-electron chi connectivity index (χ4n) is 3.01. The molecule has 0 bridgehead atoms. The van der Waals surface area contributed by atoms with Crippen molar-refractivity contribution in [3.63, 3.8) is 0 Å². The lowest BCUT2D eigenvalue weighted by atomic mass is 9.84. The fraction of sp³-hybridized carbons (Fsp3) is 0.333. The summed E-state index contributed by atoms with van der Waals surface area (Å²) in [5, 5.41) is 0.729. The van der Waals surface area contributed by atoms with Crippen LogP contribution < -0.4 is 0 Å². The Bertz CT molecular complexity index is 777. The number of hydrogen-bond donors (Lipinski definition) is 0. The second-order valence-corrected chi connectivity index (χ2v) is 6.50. The molecule has 2 aromatic carbocycles. The van der Waals surface area contributed by atoms with Crippen LogP contribution in [0.4, 0.5) is 0 Å². The van der Waals surface area contributed by atoms with Crippen LogP contribution in [0.25, 0.3) is 11.1 Å². The van der Waals surface area contributed by atoms with E-state index < -0.39 is 5.92 Å². The van der Waals surface area contributed by atoms with Crippen LogP contribution in [0.3, 0.4) is 0 Å². The van der Waals surface area contributed by atoms with E-state index in [9.17, 15) is 9.59 Å². The van der Waals surface area contributed by atoms with Crippen molar-refractivity contribution in [2.75, 3.05) is 0 Å². The highest BCUT2D eigenvalue weighted by Crippen LogP contribution is 2.31. The molecule has 0 amide bonds. The topological polar surface area (TPSA) is 34.1 Å². The number of carbonyl (C=O) groups excluding carboxylic acids is 2. The van der Waals surface area contributed by atoms with Crippen molar-refractivity contribution in [1.29, 1.82) is 0 Å². The molecule has 3 heteroatoms. The number of benzene rings is 2. The van der Waals surface area contributed by atoms with Gasteiger partial charge in [0, 0.05) is 11.4 Å². The summed E-state index contributed by atoms with van der Waals surface area (Å²) in [5.74, 6) is -0.791. The first kappa shape index (κ1) is 18.4. The highest BCUT2D eigenvalue weighted by atomic mass is 35.5. The quantitative estimate of drug-likeness (QED) is 0.647. The van der Waals surface area contributed by atoms with E-state index in [0.717, 1.165) is 39.3 Å². The molecule has 1 unspecified atom stereocenters. The van der Waals surface area contributed by atoms with Crippen molar-refractivity contribution in [2.24, 2.45) is 0 Å². The highest BCUT2D eigenvalue weighted by Gasteiger charge is 2.26. The first-order chi connectivity index (χ1) is 11.4. The van der Waals surface area contributed by atoms with E-state index >= 15 is 0 Å². The molecule has 0 radical (unpaired) electrons. The van der Waals surface area contributed by atoms with E-state index in [1.54, 1.807) is 6.92 Å². The maximum atomic E-state index is 12.3. The van der Waals surface area contributed by atoms with E-state index in [1.807, 2.05) is 50.2 Å². The van der Waals surface area contributed by atoms with Gasteiger partial charge in [-0.2, -0.15) is 0 Å². The molecule has 0 saturated carbocycles. The van der Waals surface area contributed by atoms with Crippen LogP contribution in [0.5, 0.6) is 0 Å². The number of carbonyl (C=O) groups is 2. The number of aryl methyl sites for hydroxylation is 2. The molecule has 2 rings (SSSR count). The number of ketones is 2. The smallest absolute Gasteiger partial charge is 0.147 e. The molecular weight excluding hydrogens is 320 g/mol. The van der Waals surface area contributed by atoms with Gasteiger partial charge in [-0.3, -0.25) is 9.59 Å². The molecule has 0 spiro atoms. The van der Waals surface area contributed by atoms with Crippen molar-refractivity contribution in [3.05, 3.63) is 58.1 Å². The Labute approximate surface area is 148 Å². The lowest BCUT2D eigenvalue weighted by molar-refractivity contribution is -0.127. The molecule has 0 N–H and O–H groups in total. The van der Waals surface area contributed by atoms with Gasteiger partial charge < -0.3 is 0 Å². The van der Waals surface area contributed by atoms with Crippen LogP contribution in [0.15, 0.2) is 36.4 Å². The summed E-state index contributed by atoms with van der Waals surface area (Å²) >= 11 is 6.11. The first-order valence-corrected chi connectivity index (χ1v) is 8.69. The van der Waals surface area contributed by atoms with Gasteiger partial charge in [0.2, 0.25) is 0 Å². The minimum absolute atomic E-state index is 0.0263.